The Morgan fingerprint density at radius 3 is 2.86 bits per heavy atom. The molecular formula is C24H34N2O3. The summed E-state index contributed by atoms with van der Waals surface area (Å²) in [5, 5.41) is 11.6. The Morgan fingerprint density at radius 1 is 1.45 bits per heavy atom. The molecule has 1 heterocycles. The first-order chi connectivity index (χ1) is 13.7. The molecule has 158 valence electrons. The summed E-state index contributed by atoms with van der Waals surface area (Å²) >= 11 is 0. The van der Waals surface area contributed by atoms with Crippen molar-refractivity contribution in [2.45, 2.75) is 58.8 Å². The van der Waals surface area contributed by atoms with Crippen LogP contribution in [-0.2, 0) is 16.1 Å². The van der Waals surface area contributed by atoms with Crippen LogP contribution < -0.4 is 0 Å². The highest BCUT2D eigenvalue weighted by atomic mass is 16.5. The number of carbonyl (C=O) groups is 1. The molecule has 2 radical (unpaired) electrons. The van der Waals surface area contributed by atoms with Crippen LogP contribution in [0.5, 0.6) is 0 Å². The third kappa shape index (κ3) is 4.89. The lowest BCUT2D eigenvalue weighted by Gasteiger charge is -2.52. The van der Waals surface area contributed by atoms with Gasteiger partial charge in [-0.15, -0.1) is 0 Å². The molecule has 1 fully saturated rings. The van der Waals surface area contributed by atoms with Gasteiger partial charge in [0.1, 0.15) is 6.10 Å². The fourth-order valence-corrected chi connectivity index (χ4v) is 5.07. The van der Waals surface area contributed by atoms with Crippen LogP contribution in [0.2, 0.25) is 0 Å². The van der Waals surface area contributed by atoms with Gasteiger partial charge in [-0.25, -0.2) is 0 Å². The highest BCUT2D eigenvalue weighted by Crippen LogP contribution is 2.50. The Kier molecular flexibility index (Phi) is 6.79. The number of hydrogen-bond acceptors (Lipinski definition) is 5. The molecular weight excluding hydrogens is 364 g/mol. The van der Waals surface area contributed by atoms with Crippen LogP contribution in [0.25, 0.3) is 0 Å². The van der Waals surface area contributed by atoms with E-state index < -0.39 is 11.7 Å². The Morgan fingerprint density at radius 2 is 2.21 bits per heavy atom. The van der Waals surface area contributed by atoms with Gasteiger partial charge < -0.3 is 14.7 Å². The van der Waals surface area contributed by atoms with E-state index in [1.165, 1.54) is 6.92 Å². The van der Waals surface area contributed by atoms with Crippen molar-refractivity contribution >= 4 is 5.97 Å². The standard InChI is InChI=1S/C24H34N2O3/c1-16-12-22-21(17(2)14-26(5)15-20-8-6-7-11-25-20)10-9-18(3)24(22,28)13-23(16)29-19(4)27/h6-8,11-12,17-18,21-23,28H,9-10,14-15H2,1-5H3/t17-,18-,21+,22-,23-,24-/m1/s1. The third-order valence-corrected chi connectivity index (χ3v) is 6.64. The van der Waals surface area contributed by atoms with Crippen LogP contribution in [0, 0.1) is 30.1 Å². The second kappa shape index (κ2) is 8.97. The van der Waals surface area contributed by atoms with Crippen LogP contribution in [0.1, 0.15) is 46.2 Å². The lowest BCUT2D eigenvalue weighted by Crippen LogP contribution is -2.56. The Labute approximate surface area is 175 Å². The number of fused-ring (bicyclic) bond motifs is 1. The van der Waals surface area contributed by atoms with Crippen LogP contribution in [-0.4, -0.2) is 46.3 Å². The van der Waals surface area contributed by atoms with E-state index in [9.17, 15) is 9.90 Å². The van der Waals surface area contributed by atoms with E-state index in [1.807, 2.05) is 25.3 Å². The summed E-state index contributed by atoms with van der Waals surface area (Å²) in [5.41, 5.74) is 0.967. The molecule has 0 aliphatic heterocycles. The van der Waals surface area contributed by atoms with E-state index in [4.69, 9.17) is 4.74 Å². The van der Waals surface area contributed by atoms with Crippen molar-refractivity contribution in [1.29, 1.82) is 0 Å². The molecule has 0 saturated heterocycles. The van der Waals surface area contributed by atoms with Gasteiger partial charge >= 0.3 is 5.97 Å². The molecule has 2 aliphatic carbocycles. The molecule has 1 aromatic heterocycles. The molecule has 29 heavy (non-hydrogen) atoms. The second-order valence-corrected chi connectivity index (χ2v) is 9.03. The molecule has 1 aromatic rings. The molecule has 3 rings (SSSR count). The van der Waals surface area contributed by atoms with Gasteiger partial charge in [0, 0.05) is 32.1 Å². The zero-order valence-corrected chi connectivity index (χ0v) is 18.3. The molecule has 1 N–H and O–H groups in total. The van der Waals surface area contributed by atoms with Crippen molar-refractivity contribution in [2.24, 2.45) is 23.7 Å². The predicted octanol–water partition coefficient (Wildman–Crippen LogP) is 3.52. The number of carbonyl (C=O) groups excluding carboxylic acids is 1. The third-order valence-electron chi connectivity index (χ3n) is 6.64. The van der Waals surface area contributed by atoms with Gasteiger partial charge in [0.05, 0.1) is 17.7 Å². The average Bonchev–Trinajstić information content (AvgIpc) is 2.64. The molecule has 0 spiro atoms. The van der Waals surface area contributed by atoms with Gasteiger partial charge in [0.25, 0.3) is 0 Å². The number of nitrogens with zero attached hydrogens (tertiary/aromatic N) is 2. The normalized spacial score (nSPS) is 33.0. The summed E-state index contributed by atoms with van der Waals surface area (Å²) in [7, 11) is 2.12. The minimum absolute atomic E-state index is 0.00342. The van der Waals surface area contributed by atoms with Gasteiger partial charge in [0.15, 0.2) is 0 Å². The first-order valence-electron chi connectivity index (χ1n) is 10.6. The first-order valence-corrected chi connectivity index (χ1v) is 10.6. The minimum atomic E-state index is -1.06. The maximum atomic E-state index is 11.6. The van der Waals surface area contributed by atoms with Crippen molar-refractivity contribution in [3.05, 3.63) is 48.2 Å². The van der Waals surface area contributed by atoms with Crippen LogP contribution in [0.3, 0.4) is 0 Å². The molecule has 0 aromatic carbocycles. The maximum Gasteiger partial charge on any atom is 0.303 e. The summed E-state index contributed by atoms with van der Waals surface area (Å²) in [4.78, 5) is 18.2. The number of aliphatic hydroxyl groups is 1. The van der Waals surface area contributed by atoms with Crippen molar-refractivity contribution in [2.75, 3.05) is 13.6 Å². The Bertz CT molecular complexity index is 735. The highest BCUT2D eigenvalue weighted by molar-refractivity contribution is 5.66. The molecule has 5 nitrogen and oxygen atoms in total. The van der Waals surface area contributed by atoms with Crippen LogP contribution in [0.4, 0.5) is 0 Å². The van der Waals surface area contributed by atoms with Crippen molar-refractivity contribution < 1.29 is 14.6 Å². The fraction of sp³-hybridized carbons (Fsp3) is 0.625. The lowest BCUT2D eigenvalue weighted by atomic mass is 9.57. The molecule has 0 bridgehead atoms. The van der Waals surface area contributed by atoms with Crippen LogP contribution >= 0.6 is 0 Å². The first kappa shape index (κ1) is 22.0. The summed E-state index contributed by atoms with van der Waals surface area (Å²) in [5.74, 6) is 0.495. The van der Waals surface area contributed by atoms with Gasteiger partial charge in [-0.3, -0.25) is 9.78 Å². The number of rotatable bonds is 6. The average molecular weight is 399 g/mol. The van der Waals surface area contributed by atoms with Gasteiger partial charge in [-0.1, -0.05) is 26.0 Å². The Balaban J connectivity index is 1.73. The van der Waals surface area contributed by atoms with E-state index >= 15 is 0 Å². The highest BCUT2D eigenvalue weighted by Gasteiger charge is 2.53. The number of pyridine rings is 1. The van der Waals surface area contributed by atoms with Gasteiger partial charge in [-0.2, -0.15) is 0 Å². The lowest BCUT2D eigenvalue weighted by molar-refractivity contribution is -0.148. The van der Waals surface area contributed by atoms with E-state index in [0.717, 1.165) is 37.2 Å². The summed E-state index contributed by atoms with van der Waals surface area (Å²) in [6.07, 6.45) is 8.69. The van der Waals surface area contributed by atoms with Crippen molar-refractivity contribution in [1.82, 2.24) is 9.88 Å². The number of aromatic nitrogens is 1. The topological polar surface area (TPSA) is 62.7 Å². The quantitative estimate of drug-likeness (QED) is 0.587. The van der Waals surface area contributed by atoms with Gasteiger partial charge in [0.2, 0.25) is 0 Å². The van der Waals surface area contributed by atoms with Crippen LogP contribution in [0.15, 0.2) is 36.0 Å². The molecule has 0 amide bonds. The molecule has 6 atom stereocenters. The predicted molar refractivity (Wildman–Crippen MR) is 113 cm³/mol. The van der Waals surface area contributed by atoms with E-state index in [1.54, 1.807) is 0 Å². The fourth-order valence-electron chi connectivity index (χ4n) is 5.07. The number of ether oxygens (including phenoxy) is 1. The van der Waals surface area contributed by atoms with Crippen molar-refractivity contribution in [3.8, 4) is 0 Å². The second-order valence-electron chi connectivity index (χ2n) is 9.03. The monoisotopic (exact) mass is 398 g/mol. The summed E-state index contributed by atoms with van der Waals surface area (Å²) in [6, 6.07) is 6.00. The minimum Gasteiger partial charge on any atom is -0.457 e. The molecule has 1 saturated carbocycles. The van der Waals surface area contributed by atoms with E-state index in [-0.39, 0.29) is 17.8 Å². The summed E-state index contributed by atoms with van der Waals surface area (Å²) in [6.45, 7) is 9.46. The SMILES string of the molecule is CC(=O)O[C@@H]1[C][C@@]2(O)[C@H](C)CC[C@@H]([C@H](C)CN(C)Cc3ccccn3)[C@H]2C=C1C. The largest absolute Gasteiger partial charge is 0.457 e. The van der Waals surface area contributed by atoms with Gasteiger partial charge in [-0.05, 0) is 62.3 Å². The maximum absolute atomic E-state index is 11.6. The molecule has 2 aliphatic rings. The van der Waals surface area contributed by atoms with E-state index in [0.29, 0.717) is 11.8 Å². The molecule has 5 heteroatoms. The smallest absolute Gasteiger partial charge is 0.303 e. The Hall–Kier alpha value is -1.72. The molecule has 0 unspecified atom stereocenters. The zero-order valence-electron chi connectivity index (χ0n) is 18.3. The zero-order chi connectivity index (χ0) is 21.2. The van der Waals surface area contributed by atoms with E-state index in [2.05, 4.69) is 49.3 Å². The number of esters is 1. The summed E-state index contributed by atoms with van der Waals surface area (Å²) < 4.78 is 5.40. The van der Waals surface area contributed by atoms with Crippen molar-refractivity contribution in [3.63, 3.8) is 0 Å². The number of hydrogen-bond donors (Lipinski definition) is 1.